The van der Waals surface area contributed by atoms with E-state index < -0.39 is 0 Å². The van der Waals surface area contributed by atoms with Gasteiger partial charge in [-0.05, 0) is 93.6 Å². The van der Waals surface area contributed by atoms with Gasteiger partial charge in [-0.1, -0.05) is 51.3 Å². The van der Waals surface area contributed by atoms with Gasteiger partial charge in [0.1, 0.15) is 11.6 Å². The first-order valence-corrected chi connectivity index (χ1v) is 13.5. The van der Waals surface area contributed by atoms with Gasteiger partial charge in [0.05, 0.1) is 17.1 Å². The van der Waals surface area contributed by atoms with Crippen LogP contribution in [-0.2, 0) is 18.3 Å². The molecule has 0 fully saturated rings. The maximum Gasteiger partial charge on any atom is 0.123 e. The molecule has 1 heterocycles. The number of hydrogen-bond donors (Lipinski definition) is 2. The third-order valence-electron chi connectivity index (χ3n) is 8.18. The molecule has 7 heteroatoms. The Morgan fingerprint density at radius 1 is 1.05 bits per heavy atom. The molecule has 3 aromatic rings. The van der Waals surface area contributed by atoms with Gasteiger partial charge in [0, 0.05) is 11.8 Å². The van der Waals surface area contributed by atoms with Gasteiger partial charge in [-0.2, -0.15) is 0 Å². The van der Waals surface area contributed by atoms with E-state index in [9.17, 15) is 9.50 Å². The highest BCUT2D eigenvalue weighted by Gasteiger charge is 2.45. The van der Waals surface area contributed by atoms with E-state index in [0.29, 0.717) is 12.3 Å². The zero-order valence-corrected chi connectivity index (χ0v) is 24.1. The predicted octanol–water partition coefficient (Wildman–Crippen LogP) is 7.26. The third kappa shape index (κ3) is 7.47. The molecule has 2 aromatic carbocycles. The summed E-state index contributed by atoms with van der Waals surface area (Å²) in [6.45, 7) is 6.42. The first-order chi connectivity index (χ1) is 16.9. The standard InChI is InChI=1S/C30H42FN3O.2ClH/c1-22(2)30(25-16-15-24(31)21-23(25)14-17-28(30)35)18-20-34(3)19-10-6-4-5-7-13-29-32-26-11-8-9-12-27(26)33-29;;/h8-9,11-12,15-16,21-22,28,35H,4-7,10,13-14,17-20H2,1-3H3,(H,32,33);2*1H. The van der Waals surface area contributed by atoms with Crippen molar-refractivity contribution < 1.29 is 9.50 Å². The SMILES string of the molecule is CC(C)C1(CCN(C)CCCCCCCc2nc3ccccc3[nH]2)c2ccc(F)cc2CCC1O.Cl.Cl. The van der Waals surface area contributed by atoms with Gasteiger partial charge in [0.2, 0.25) is 0 Å². The summed E-state index contributed by atoms with van der Waals surface area (Å²) < 4.78 is 13.9. The maximum absolute atomic E-state index is 13.9. The molecule has 0 radical (unpaired) electrons. The topological polar surface area (TPSA) is 52.2 Å². The van der Waals surface area contributed by atoms with Crippen LogP contribution in [-0.4, -0.2) is 46.2 Å². The molecule has 0 spiro atoms. The second-order valence-corrected chi connectivity index (χ2v) is 10.8. The van der Waals surface area contributed by atoms with E-state index in [1.807, 2.05) is 18.2 Å². The molecule has 0 saturated carbocycles. The van der Waals surface area contributed by atoms with Crippen molar-refractivity contribution in [2.75, 3.05) is 20.1 Å². The van der Waals surface area contributed by atoms with Crippen molar-refractivity contribution in [1.29, 1.82) is 0 Å². The molecule has 206 valence electrons. The second-order valence-electron chi connectivity index (χ2n) is 10.8. The highest BCUT2D eigenvalue weighted by Crippen LogP contribution is 2.46. The average Bonchev–Trinajstić information content (AvgIpc) is 3.25. The van der Waals surface area contributed by atoms with E-state index in [1.54, 1.807) is 12.1 Å². The smallest absolute Gasteiger partial charge is 0.123 e. The van der Waals surface area contributed by atoms with Crippen LogP contribution < -0.4 is 0 Å². The number of aromatic nitrogens is 2. The molecule has 0 bridgehead atoms. The number of nitrogens with one attached hydrogen (secondary N) is 1. The summed E-state index contributed by atoms with van der Waals surface area (Å²) >= 11 is 0. The van der Waals surface area contributed by atoms with Crippen LogP contribution in [0.4, 0.5) is 4.39 Å². The summed E-state index contributed by atoms with van der Waals surface area (Å²) in [6, 6.07) is 13.4. The van der Waals surface area contributed by atoms with Gasteiger partial charge in [0.25, 0.3) is 0 Å². The first-order valence-electron chi connectivity index (χ1n) is 13.5. The highest BCUT2D eigenvalue weighted by molar-refractivity contribution is 5.85. The van der Waals surface area contributed by atoms with Crippen LogP contribution in [0.5, 0.6) is 0 Å². The van der Waals surface area contributed by atoms with Crippen LogP contribution in [0.2, 0.25) is 0 Å². The number of H-pyrrole nitrogens is 1. The van der Waals surface area contributed by atoms with Gasteiger partial charge >= 0.3 is 0 Å². The Balaban J connectivity index is 0.00000241. The molecule has 1 aromatic heterocycles. The summed E-state index contributed by atoms with van der Waals surface area (Å²) in [4.78, 5) is 10.5. The summed E-state index contributed by atoms with van der Waals surface area (Å²) in [7, 11) is 2.19. The first kappa shape index (κ1) is 31.6. The number of aliphatic hydroxyl groups is 1. The minimum Gasteiger partial charge on any atom is -0.392 e. The fourth-order valence-corrected chi connectivity index (χ4v) is 6.05. The van der Waals surface area contributed by atoms with E-state index in [4.69, 9.17) is 0 Å². The summed E-state index contributed by atoms with van der Waals surface area (Å²) in [5, 5.41) is 11.1. The molecule has 0 amide bonds. The summed E-state index contributed by atoms with van der Waals surface area (Å²) in [5.74, 6) is 1.22. The molecule has 1 aliphatic rings. The Labute approximate surface area is 234 Å². The lowest BCUT2D eigenvalue weighted by Crippen LogP contribution is -2.49. The lowest BCUT2D eigenvalue weighted by Gasteiger charge is -2.47. The van der Waals surface area contributed by atoms with Gasteiger partial charge in [0.15, 0.2) is 0 Å². The van der Waals surface area contributed by atoms with E-state index in [-0.39, 0.29) is 42.2 Å². The van der Waals surface area contributed by atoms with Crippen LogP contribution in [0, 0.1) is 11.7 Å². The molecular weight excluding hydrogens is 508 g/mol. The zero-order chi connectivity index (χ0) is 24.8. The molecule has 2 atom stereocenters. The average molecular weight is 553 g/mol. The normalized spacial score (nSPS) is 19.1. The molecule has 0 saturated heterocycles. The number of aryl methyl sites for hydroxylation is 2. The number of halogens is 3. The van der Waals surface area contributed by atoms with Crippen molar-refractivity contribution in [3.8, 4) is 0 Å². The lowest BCUT2D eigenvalue weighted by atomic mass is 9.60. The van der Waals surface area contributed by atoms with E-state index in [0.717, 1.165) is 60.3 Å². The Kier molecular flexibility index (Phi) is 12.4. The quantitative estimate of drug-likeness (QED) is 0.233. The lowest BCUT2D eigenvalue weighted by molar-refractivity contribution is 0.0231. The minimum absolute atomic E-state index is 0. The summed E-state index contributed by atoms with van der Waals surface area (Å²) in [6.07, 6.45) is 9.10. The largest absolute Gasteiger partial charge is 0.392 e. The number of fused-ring (bicyclic) bond motifs is 2. The summed E-state index contributed by atoms with van der Waals surface area (Å²) in [5.41, 5.74) is 4.12. The number of nitrogens with zero attached hydrogens (tertiary/aromatic N) is 2. The highest BCUT2D eigenvalue weighted by atomic mass is 35.5. The molecule has 0 aliphatic heterocycles. The Hall–Kier alpha value is -1.66. The van der Waals surface area contributed by atoms with Crippen LogP contribution >= 0.6 is 24.8 Å². The van der Waals surface area contributed by atoms with Gasteiger partial charge in [-0.15, -0.1) is 24.8 Å². The fraction of sp³-hybridized carbons (Fsp3) is 0.567. The van der Waals surface area contributed by atoms with Crippen molar-refractivity contribution >= 4 is 35.8 Å². The molecular formula is C30H44Cl2FN3O. The number of para-hydroxylation sites is 2. The van der Waals surface area contributed by atoms with E-state index >= 15 is 0 Å². The Morgan fingerprint density at radius 2 is 1.78 bits per heavy atom. The number of imidazole rings is 1. The van der Waals surface area contributed by atoms with Crippen LogP contribution in [0.25, 0.3) is 11.0 Å². The Morgan fingerprint density at radius 3 is 2.54 bits per heavy atom. The van der Waals surface area contributed by atoms with Crippen molar-refractivity contribution in [3.05, 3.63) is 65.2 Å². The van der Waals surface area contributed by atoms with E-state index in [1.165, 1.54) is 32.1 Å². The number of aromatic amines is 1. The second kappa shape index (κ2) is 14.5. The number of hydrogen-bond acceptors (Lipinski definition) is 3. The molecule has 4 nitrogen and oxygen atoms in total. The molecule has 4 rings (SSSR count). The number of unbranched alkanes of at least 4 members (excludes halogenated alkanes) is 4. The van der Waals surface area contributed by atoms with Crippen molar-refractivity contribution in [2.24, 2.45) is 5.92 Å². The monoisotopic (exact) mass is 551 g/mol. The maximum atomic E-state index is 13.9. The third-order valence-corrected chi connectivity index (χ3v) is 8.18. The van der Waals surface area contributed by atoms with Crippen molar-refractivity contribution in [1.82, 2.24) is 14.9 Å². The molecule has 1 aliphatic carbocycles. The van der Waals surface area contributed by atoms with Crippen LogP contribution in [0.15, 0.2) is 42.5 Å². The van der Waals surface area contributed by atoms with Crippen LogP contribution in [0.1, 0.15) is 75.7 Å². The number of benzene rings is 2. The molecule has 2 N–H and O–H groups in total. The number of rotatable bonds is 12. The Bertz CT molecular complexity index is 1070. The van der Waals surface area contributed by atoms with E-state index in [2.05, 4.69) is 47.9 Å². The van der Waals surface area contributed by atoms with Gasteiger partial charge in [-0.25, -0.2) is 9.37 Å². The zero-order valence-electron chi connectivity index (χ0n) is 22.5. The number of aliphatic hydroxyl groups excluding tert-OH is 1. The van der Waals surface area contributed by atoms with Gasteiger partial charge in [-0.3, -0.25) is 0 Å². The van der Waals surface area contributed by atoms with Crippen molar-refractivity contribution in [3.63, 3.8) is 0 Å². The predicted molar refractivity (Wildman–Crippen MR) is 157 cm³/mol. The van der Waals surface area contributed by atoms with Gasteiger partial charge < -0.3 is 15.0 Å². The molecule has 2 unspecified atom stereocenters. The molecule has 37 heavy (non-hydrogen) atoms. The minimum atomic E-state index is -0.374. The van der Waals surface area contributed by atoms with Crippen LogP contribution in [0.3, 0.4) is 0 Å². The fourth-order valence-electron chi connectivity index (χ4n) is 6.05. The van der Waals surface area contributed by atoms with Crippen molar-refractivity contribution in [2.45, 2.75) is 83.2 Å².